The average Bonchev–Trinajstić information content (AvgIpc) is 2.34. The summed E-state index contributed by atoms with van der Waals surface area (Å²) < 4.78 is 19.1. The summed E-state index contributed by atoms with van der Waals surface area (Å²) in [5, 5.41) is 0.334. The molecule has 0 fully saturated rings. The first-order valence-corrected chi connectivity index (χ1v) is 5.37. The molecule has 1 aromatic heterocycles. The van der Waals surface area contributed by atoms with Crippen LogP contribution < -0.4 is 4.74 Å². The Hall–Kier alpha value is -1.87. The highest BCUT2D eigenvalue weighted by molar-refractivity contribution is 6.32. The second-order valence-corrected chi connectivity index (χ2v) is 4.09. The third kappa shape index (κ3) is 1.43. The summed E-state index contributed by atoms with van der Waals surface area (Å²) in [6.45, 7) is 3.94. The third-order valence-electron chi connectivity index (χ3n) is 2.67. The van der Waals surface area contributed by atoms with Crippen LogP contribution in [0, 0.1) is 5.95 Å². The van der Waals surface area contributed by atoms with Crippen LogP contribution in [0.3, 0.4) is 0 Å². The van der Waals surface area contributed by atoms with E-state index in [1.165, 1.54) is 6.20 Å². The van der Waals surface area contributed by atoms with Gasteiger partial charge in [0.2, 0.25) is 0 Å². The lowest BCUT2D eigenvalue weighted by atomic mass is 9.96. The van der Waals surface area contributed by atoms with Crippen molar-refractivity contribution in [1.82, 2.24) is 4.98 Å². The van der Waals surface area contributed by atoms with Gasteiger partial charge in [-0.3, -0.25) is 0 Å². The van der Waals surface area contributed by atoms with Gasteiger partial charge in [-0.2, -0.15) is 4.39 Å². The highest BCUT2D eigenvalue weighted by atomic mass is 35.5. The maximum absolute atomic E-state index is 13.6. The van der Waals surface area contributed by atoms with Gasteiger partial charge in [0.1, 0.15) is 5.75 Å². The lowest BCUT2D eigenvalue weighted by Gasteiger charge is -2.22. The van der Waals surface area contributed by atoms with Crippen molar-refractivity contribution in [2.24, 2.45) is 0 Å². The first-order chi connectivity index (χ1) is 8.18. The lowest BCUT2D eigenvalue weighted by Crippen LogP contribution is -2.05. The summed E-state index contributed by atoms with van der Waals surface area (Å²) in [5.41, 5.74) is 1.93. The molecule has 2 aromatic rings. The van der Waals surface area contributed by atoms with Crippen molar-refractivity contribution >= 4 is 17.2 Å². The van der Waals surface area contributed by atoms with Crippen LogP contribution in [0.25, 0.3) is 5.57 Å². The molecule has 4 heteroatoms. The van der Waals surface area contributed by atoms with Crippen LogP contribution in [0.5, 0.6) is 11.5 Å². The molecular weight excluding hydrogens is 241 g/mol. The maximum Gasteiger partial charge on any atom is 0.256 e. The summed E-state index contributed by atoms with van der Waals surface area (Å²) >= 11 is 6.01. The molecule has 0 saturated carbocycles. The molecule has 0 radical (unpaired) electrons. The van der Waals surface area contributed by atoms with Crippen molar-refractivity contribution in [2.45, 2.75) is 0 Å². The molecule has 0 unspecified atom stereocenters. The lowest BCUT2D eigenvalue weighted by molar-refractivity contribution is 0.422. The molecule has 0 saturated heterocycles. The van der Waals surface area contributed by atoms with Crippen LogP contribution in [-0.4, -0.2) is 4.98 Å². The molecule has 2 heterocycles. The van der Waals surface area contributed by atoms with E-state index >= 15 is 0 Å². The highest BCUT2D eigenvalue weighted by Gasteiger charge is 2.26. The van der Waals surface area contributed by atoms with Gasteiger partial charge >= 0.3 is 0 Å². The molecule has 0 N–H and O–H groups in total. The Morgan fingerprint density at radius 2 is 2.06 bits per heavy atom. The largest absolute Gasteiger partial charge is 0.451 e. The van der Waals surface area contributed by atoms with E-state index in [2.05, 4.69) is 11.6 Å². The van der Waals surface area contributed by atoms with E-state index in [-0.39, 0.29) is 5.75 Å². The molecular formula is C13H7ClFNO. The van der Waals surface area contributed by atoms with Crippen LogP contribution >= 0.6 is 11.6 Å². The number of aromatic nitrogens is 1. The number of hydrogen-bond donors (Lipinski definition) is 0. The monoisotopic (exact) mass is 247 g/mol. The predicted molar refractivity (Wildman–Crippen MR) is 63.9 cm³/mol. The fourth-order valence-corrected chi connectivity index (χ4v) is 2.12. The zero-order chi connectivity index (χ0) is 12.0. The standard InChI is InChI=1S/C13H7ClFNO/c1-7-8-4-2-3-5-10(8)17-12-11(7)9(14)6-16-13(12)15/h2-6H,1H2. The first kappa shape index (κ1) is 10.3. The molecule has 0 bridgehead atoms. The van der Waals surface area contributed by atoms with Crippen molar-refractivity contribution < 1.29 is 9.13 Å². The molecule has 1 aromatic carbocycles. The predicted octanol–water partition coefficient (Wildman–Crippen LogP) is 4.04. The van der Waals surface area contributed by atoms with Gasteiger partial charge in [-0.05, 0) is 11.6 Å². The molecule has 84 valence electrons. The Balaban J connectivity index is 2.30. The minimum atomic E-state index is -0.681. The molecule has 0 amide bonds. The van der Waals surface area contributed by atoms with Gasteiger partial charge in [0.25, 0.3) is 5.95 Å². The number of benzene rings is 1. The molecule has 1 aliphatic heterocycles. The normalized spacial score (nSPS) is 12.7. The Kier molecular flexibility index (Phi) is 2.16. The Morgan fingerprint density at radius 1 is 1.29 bits per heavy atom. The molecule has 3 rings (SSSR count). The van der Waals surface area contributed by atoms with E-state index in [4.69, 9.17) is 16.3 Å². The van der Waals surface area contributed by atoms with E-state index in [0.717, 1.165) is 5.56 Å². The van der Waals surface area contributed by atoms with E-state index in [1.54, 1.807) is 6.07 Å². The Labute approximate surface area is 102 Å². The second-order valence-electron chi connectivity index (χ2n) is 3.68. The Bertz CT molecular complexity index is 639. The van der Waals surface area contributed by atoms with E-state index in [1.807, 2.05) is 18.2 Å². The molecule has 0 spiro atoms. The van der Waals surface area contributed by atoms with Gasteiger partial charge < -0.3 is 4.74 Å². The summed E-state index contributed by atoms with van der Waals surface area (Å²) in [6.07, 6.45) is 1.26. The number of para-hydroxylation sites is 1. The quantitative estimate of drug-likeness (QED) is 0.559. The zero-order valence-corrected chi connectivity index (χ0v) is 9.46. The minimum Gasteiger partial charge on any atom is -0.451 e. The summed E-state index contributed by atoms with van der Waals surface area (Å²) in [7, 11) is 0. The van der Waals surface area contributed by atoms with Crippen molar-refractivity contribution in [3.63, 3.8) is 0 Å². The van der Waals surface area contributed by atoms with E-state index in [0.29, 0.717) is 21.9 Å². The van der Waals surface area contributed by atoms with Gasteiger partial charge in [-0.15, -0.1) is 0 Å². The number of pyridine rings is 1. The van der Waals surface area contributed by atoms with E-state index in [9.17, 15) is 4.39 Å². The fraction of sp³-hybridized carbons (Fsp3) is 0. The van der Waals surface area contributed by atoms with Crippen LogP contribution in [0.1, 0.15) is 11.1 Å². The number of hydrogen-bond acceptors (Lipinski definition) is 2. The molecule has 0 aliphatic carbocycles. The van der Waals surface area contributed by atoms with Crippen LogP contribution in [0.4, 0.5) is 4.39 Å². The number of ether oxygens (including phenoxy) is 1. The van der Waals surface area contributed by atoms with E-state index < -0.39 is 5.95 Å². The molecule has 17 heavy (non-hydrogen) atoms. The SMILES string of the molecule is C=C1c2ccccc2Oc2c(F)ncc(Cl)c21. The number of nitrogens with zero attached hydrogens (tertiary/aromatic N) is 1. The van der Waals surface area contributed by atoms with Gasteiger partial charge in [0, 0.05) is 17.3 Å². The van der Waals surface area contributed by atoms with Gasteiger partial charge in [0.15, 0.2) is 5.75 Å². The molecule has 1 aliphatic rings. The fourth-order valence-electron chi connectivity index (χ4n) is 1.87. The van der Waals surface area contributed by atoms with Gasteiger partial charge in [0.05, 0.1) is 5.02 Å². The average molecular weight is 248 g/mol. The maximum atomic E-state index is 13.6. The van der Waals surface area contributed by atoms with Crippen LogP contribution in [0.2, 0.25) is 5.02 Å². The van der Waals surface area contributed by atoms with Crippen molar-refractivity contribution in [2.75, 3.05) is 0 Å². The van der Waals surface area contributed by atoms with Crippen molar-refractivity contribution in [3.8, 4) is 11.5 Å². The minimum absolute atomic E-state index is 0.0428. The summed E-state index contributed by atoms with van der Waals surface area (Å²) in [5.74, 6) is -0.0748. The number of halogens is 2. The number of rotatable bonds is 0. The smallest absolute Gasteiger partial charge is 0.256 e. The van der Waals surface area contributed by atoms with Crippen molar-refractivity contribution in [3.05, 3.63) is 59.1 Å². The zero-order valence-electron chi connectivity index (χ0n) is 8.71. The van der Waals surface area contributed by atoms with Crippen molar-refractivity contribution in [1.29, 1.82) is 0 Å². The summed E-state index contributed by atoms with van der Waals surface area (Å²) in [4.78, 5) is 3.53. The van der Waals surface area contributed by atoms with Crippen LogP contribution in [0.15, 0.2) is 37.0 Å². The van der Waals surface area contributed by atoms with Crippen LogP contribution in [-0.2, 0) is 0 Å². The second kappa shape index (κ2) is 3.57. The number of fused-ring (bicyclic) bond motifs is 2. The first-order valence-electron chi connectivity index (χ1n) is 4.99. The topological polar surface area (TPSA) is 22.1 Å². The highest BCUT2D eigenvalue weighted by Crippen LogP contribution is 2.45. The van der Waals surface area contributed by atoms with Gasteiger partial charge in [-0.1, -0.05) is 36.4 Å². The van der Waals surface area contributed by atoms with Gasteiger partial charge in [-0.25, -0.2) is 4.98 Å². The summed E-state index contributed by atoms with van der Waals surface area (Å²) in [6, 6.07) is 7.29. The third-order valence-corrected chi connectivity index (χ3v) is 2.96. The Morgan fingerprint density at radius 3 is 2.88 bits per heavy atom. The molecule has 0 atom stereocenters. The molecule has 2 nitrogen and oxygen atoms in total.